The highest BCUT2D eigenvalue weighted by Crippen LogP contribution is 2.25. The number of rotatable bonds is 4. The molecule has 2 heterocycles. The van der Waals surface area contributed by atoms with Crippen molar-refractivity contribution in [3.8, 4) is 6.07 Å². The number of piperazine rings is 1. The van der Waals surface area contributed by atoms with Crippen LogP contribution in [0.5, 0.6) is 0 Å². The van der Waals surface area contributed by atoms with Crippen molar-refractivity contribution in [2.45, 2.75) is 20.4 Å². The summed E-state index contributed by atoms with van der Waals surface area (Å²) >= 11 is 0. The number of aryl methyl sites for hydroxylation is 1. The molecule has 1 aromatic rings. The lowest BCUT2D eigenvalue weighted by molar-refractivity contribution is -0.386. The van der Waals surface area contributed by atoms with Gasteiger partial charge in [0.15, 0.2) is 0 Å². The first-order valence-corrected chi connectivity index (χ1v) is 6.94. The van der Waals surface area contributed by atoms with Gasteiger partial charge in [-0.05, 0) is 13.8 Å². The van der Waals surface area contributed by atoms with Gasteiger partial charge < -0.3 is 0 Å². The van der Waals surface area contributed by atoms with Crippen LogP contribution in [0.25, 0.3) is 0 Å². The van der Waals surface area contributed by atoms with Gasteiger partial charge in [-0.2, -0.15) is 5.26 Å². The number of hydrogen-bond acceptors (Lipinski definition) is 6. The zero-order valence-corrected chi connectivity index (χ0v) is 12.4. The standard InChI is InChI=1S/C14H19N5O2/c1-11-9-16-13(12(2)14(11)19(20)21)10-18-7-5-17(4-3-15)6-8-18/h9H,4-8,10H2,1-2H3. The van der Waals surface area contributed by atoms with Crippen LogP contribution in [0.4, 0.5) is 5.69 Å². The maximum atomic E-state index is 11.1. The van der Waals surface area contributed by atoms with Gasteiger partial charge in [-0.3, -0.25) is 24.9 Å². The molecule has 0 amide bonds. The van der Waals surface area contributed by atoms with Crippen molar-refractivity contribution >= 4 is 5.69 Å². The van der Waals surface area contributed by atoms with Gasteiger partial charge >= 0.3 is 0 Å². The van der Waals surface area contributed by atoms with E-state index in [-0.39, 0.29) is 10.6 Å². The molecule has 2 rings (SSSR count). The van der Waals surface area contributed by atoms with Gasteiger partial charge in [-0.1, -0.05) is 0 Å². The molecule has 0 spiro atoms. The highest BCUT2D eigenvalue weighted by molar-refractivity contribution is 5.47. The molecular weight excluding hydrogens is 270 g/mol. The van der Waals surface area contributed by atoms with E-state index in [1.165, 1.54) is 0 Å². The number of nitro groups is 1. The second-order valence-electron chi connectivity index (χ2n) is 5.33. The molecule has 112 valence electrons. The van der Waals surface area contributed by atoms with Crippen LogP contribution in [0.15, 0.2) is 6.20 Å². The molecule has 1 aliphatic heterocycles. The Balaban J connectivity index is 2.06. The van der Waals surface area contributed by atoms with Crippen LogP contribution in [-0.4, -0.2) is 52.4 Å². The minimum absolute atomic E-state index is 0.170. The minimum Gasteiger partial charge on any atom is -0.295 e. The Hall–Kier alpha value is -2.04. The highest BCUT2D eigenvalue weighted by Gasteiger charge is 2.22. The Kier molecular flexibility index (Phi) is 4.83. The number of nitrogens with zero attached hydrogens (tertiary/aromatic N) is 5. The van der Waals surface area contributed by atoms with Crippen LogP contribution in [0.3, 0.4) is 0 Å². The summed E-state index contributed by atoms with van der Waals surface area (Å²) in [7, 11) is 0. The van der Waals surface area contributed by atoms with Crippen LogP contribution < -0.4 is 0 Å². The number of hydrogen-bond donors (Lipinski definition) is 0. The van der Waals surface area contributed by atoms with Crippen LogP contribution in [0, 0.1) is 35.3 Å². The molecule has 1 aromatic heterocycles. The van der Waals surface area contributed by atoms with Crippen LogP contribution in [0.2, 0.25) is 0 Å². The molecule has 1 fully saturated rings. The lowest BCUT2D eigenvalue weighted by Gasteiger charge is -2.33. The average Bonchev–Trinajstić information content (AvgIpc) is 2.44. The van der Waals surface area contributed by atoms with Gasteiger partial charge in [0.1, 0.15) is 0 Å². The van der Waals surface area contributed by atoms with E-state index in [1.807, 2.05) is 0 Å². The Morgan fingerprint density at radius 1 is 1.33 bits per heavy atom. The zero-order chi connectivity index (χ0) is 15.4. The van der Waals surface area contributed by atoms with E-state index in [9.17, 15) is 10.1 Å². The van der Waals surface area contributed by atoms with E-state index < -0.39 is 0 Å². The van der Waals surface area contributed by atoms with E-state index in [1.54, 1.807) is 20.0 Å². The summed E-state index contributed by atoms with van der Waals surface area (Å²) in [6.45, 7) is 7.95. The summed E-state index contributed by atoms with van der Waals surface area (Å²) in [5, 5.41) is 19.8. The molecule has 0 bridgehead atoms. The SMILES string of the molecule is Cc1cnc(CN2CCN(CC#N)CC2)c(C)c1[N+](=O)[O-]. The Morgan fingerprint density at radius 2 is 1.95 bits per heavy atom. The minimum atomic E-state index is -0.333. The summed E-state index contributed by atoms with van der Waals surface area (Å²) in [6, 6.07) is 2.16. The lowest BCUT2D eigenvalue weighted by Crippen LogP contribution is -2.46. The third-order valence-electron chi connectivity index (χ3n) is 3.89. The third-order valence-corrected chi connectivity index (χ3v) is 3.89. The molecule has 0 saturated carbocycles. The van der Waals surface area contributed by atoms with Crippen molar-refractivity contribution in [2.75, 3.05) is 32.7 Å². The number of pyridine rings is 1. The molecule has 21 heavy (non-hydrogen) atoms. The molecule has 0 aromatic carbocycles. The quantitative estimate of drug-likeness (QED) is 0.471. The molecule has 0 radical (unpaired) electrons. The molecular formula is C14H19N5O2. The van der Waals surface area contributed by atoms with Crippen molar-refractivity contribution in [1.29, 1.82) is 5.26 Å². The average molecular weight is 289 g/mol. The number of aromatic nitrogens is 1. The second kappa shape index (κ2) is 6.61. The predicted molar refractivity (Wildman–Crippen MR) is 77.7 cm³/mol. The summed E-state index contributed by atoms with van der Waals surface area (Å²) in [5.41, 5.74) is 2.18. The van der Waals surface area contributed by atoms with Crippen LogP contribution in [0.1, 0.15) is 16.8 Å². The zero-order valence-electron chi connectivity index (χ0n) is 12.4. The molecule has 1 aliphatic rings. The van der Waals surface area contributed by atoms with Crippen LogP contribution >= 0.6 is 0 Å². The van der Waals surface area contributed by atoms with Gasteiger partial charge in [-0.15, -0.1) is 0 Å². The van der Waals surface area contributed by atoms with Crippen molar-refractivity contribution < 1.29 is 4.92 Å². The maximum Gasteiger partial charge on any atom is 0.278 e. The summed E-state index contributed by atoms with van der Waals surface area (Å²) in [5.74, 6) is 0. The molecule has 0 unspecified atom stereocenters. The molecule has 7 nitrogen and oxygen atoms in total. The first kappa shape index (κ1) is 15.4. The predicted octanol–water partition coefficient (Wildman–Crippen LogP) is 1.25. The molecule has 0 N–H and O–H groups in total. The first-order valence-electron chi connectivity index (χ1n) is 6.94. The summed E-state index contributed by atoms with van der Waals surface area (Å²) in [6.07, 6.45) is 1.58. The van der Waals surface area contributed by atoms with E-state index in [0.29, 0.717) is 24.2 Å². The Bertz CT molecular complexity index is 573. The second-order valence-corrected chi connectivity index (χ2v) is 5.33. The lowest BCUT2D eigenvalue weighted by atomic mass is 10.1. The molecule has 0 atom stereocenters. The first-order chi connectivity index (χ1) is 10.0. The monoisotopic (exact) mass is 289 g/mol. The van der Waals surface area contributed by atoms with Gasteiger partial charge in [0.25, 0.3) is 5.69 Å². The van der Waals surface area contributed by atoms with Crippen LogP contribution in [-0.2, 0) is 6.54 Å². The summed E-state index contributed by atoms with van der Waals surface area (Å²) in [4.78, 5) is 19.5. The fourth-order valence-electron chi connectivity index (χ4n) is 2.62. The smallest absolute Gasteiger partial charge is 0.278 e. The van der Waals surface area contributed by atoms with Gasteiger partial charge in [0, 0.05) is 50.0 Å². The van der Waals surface area contributed by atoms with Gasteiger partial charge in [0.05, 0.1) is 23.2 Å². The Morgan fingerprint density at radius 3 is 2.52 bits per heavy atom. The van der Waals surface area contributed by atoms with E-state index >= 15 is 0 Å². The third kappa shape index (κ3) is 3.54. The molecule has 1 saturated heterocycles. The maximum absolute atomic E-state index is 11.1. The Labute approximate surface area is 123 Å². The van der Waals surface area contributed by atoms with Crippen molar-refractivity contribution in [1.82, 2.24) is 14.8 Å². The van der Waals surface area contributed by atoms with Gasteiger partial charge in [-0.25, -0.2) is 0 Å². The van der Waals surface area contributed by atoms with E-state index in [4.69, 9.17) is 5.26 Å². The topological polar surface area (TPSA) is 86.3 Å². The summed E-state index contributed by atoms with van der Waals surface area (Å²) < 4.78 is 0. The largest absolute Gasteiger partial charge is 0.295 e. The molecule has 0 aliphatic carbocycles. The normalized spacial score (nSPS) is 16.6. The van der Waals surface area contributed by atoms with E-state index in [2.05, 4.69) is 20.9 Å². The van der Waals surface area contributed by atoms with Crippen molar-refractivity contribution in [3.63, 3.8) is 0 Å². The van der Waals surface area contributed by atoms with Crippen molar-refractivity contribution in [2.24, 2.45) is 0 Å². The molecule has 7 heteroatoms. The number of nitriles is 1. The van der Waals surface area contributed by atoms with Crippen molar-refractivity contribution in [3.05, 3.63) is 33.1 Å². The van der Waals surface area contributed by atoms with E-state index in [0.717, 1.165) is 31.9 Å². The van der Waals surface area contributed by atoms with Gasteiger partial charge in [0.2, 0.25) is 0 Å². The fraction of sp³-hybridized carbons (Fsp3) is 0.571. The highest BCUT2D eigenvalue weighted by atomic mass is 16.6. The fourth-order valence-corrected chi connectivity index (χ4v) is 2.62.